The Kier molecular flexibility index (Phi) is 5.38. The number of rotatable bonds is 5. The first-order valence-electron chi connectivity index (χ1n) is 8.55. The quantitative estimate of drug-likeness (QED) is 0.904. The molecule has 0 bridgehead atoms. The lowest BCUT2D eigenvalue weighted by molar-refractivity contribution is -0.125. The summed E-state index contributed by atoms with van der Waals surface area (Å²) in [5.41, 5.74) is 0.779. The number of carbonyl (C=O) groups excluding carboxylic acids is 1. The summed E-state index contributed by atoms with van der Waals surface area (Å²) in [6.45, 7) is 3.98. The second-order valence-corrected chi connectivity index (χ2v) is 6.71. The van der Waals surface area contributed by atoms with E-state index in [9.17, 15) is 14.0 Å². The topological polar surface area (TPSA) is 66.1 Å². The lowest BCUT2D eigenvalue weighted by atomic mass is 9.81. The summed E-state index contributed by atoms with van der Waals surface area (Å²) in [5.74, 6) is -0.142. The Labute approximate surface area is 145 Å². The number of aromatic amines is 1. The molecule has 1 aromatic heterocycles. The summed E-state index contributed by atoms with van der Waals surface area (Å²) in [6, 6.07) is 6.44. The summed E-state index contributed by atoms with van der Waals surface area (Å²) >= 11 is 0. The number of hydrogen-bond donors (Lipinski definition) is 1. The van der Waals surface area contributed by atoms with E-state index in [0.29, 0.717) is 17.8 Å². The van der Waals surface area contributed by atoms with E-state index in [4.69, 9.17) is 0 Å². The van der Waals surface area contributed by atoms with Crippen LogP contribution in [-0.4, -0.2) is 33.7 Å². The molecule has 0 radical (unpaired) electrons. The Morgan fingerprint density at radius 1 is 1.40 bits per heavy atom. The maximum atomic E-state index is 13.8. The first-order chi connectivity index (χ1) is 12.0. The van der Waals surface area contributed by atoms with Crippen molar-refractivity contribution in [1.29, 1.82) is 0 Å². The van der Waals surface area contributed by atoms with Crippen LogP contribution in [0.1, 0.15) is 24.6 Å². The highest BCUT2D eigenvalue weighted by atomic mass is 19.1. The number of halogens is 1. The number of nitrogens with zero attached hydrogens (tertiary/aromatic N) is 2. The van der Waals surface area contributed by atoms with Crippen molar-refractivity contribution in [3.8, 4) is 0 Å². The molecule has 5 nitrogen and oxygen atoms in total. The Bertz CT molecular complexity index is 805. The van der Waals surface area contributed by atoms with E-state index < -0.39 is 0 Å². The molecule has 2 heterocycles. The van der Waals surface area contributed by atoms with E-state index in [1.807, 2.05) is 6.92 Å². The van der Waals surface area contributed by atoms with E-state index in [0.717, 1.165) is 19.5 Å². The summed E-state index contributed by atoms with van der Waals surface area (Å²) in [5, 5.41) is 0. The fourth-order valence-electron chi connectivity index (χ4n) is 3.52. The normalized spacial score (nSPS) is 21.2. The van der Waals surface area contributed by atoms with E-state index in [2.05, 4.69) is 14.9 Å². The molecular weight excluding hydrogens is 321 g/mol. The third-order valence-electron chi connectivity index (χ3n) is 4.88. The molecule has 0 amide bonds. The number of benzene rings is 1. The van der Waals surface area contributed by atoms with Gasteiger partial charge < -0.3 is 4.98 Å². The van der Waals surface area contributed by atoms with Gasteiger partial charge in [0, 0.05) is 37.8 Å². The molecule has 1 unspecified atom stereocenters. The van der Waals surface area contributed by atoms with Gasteiger partial charge in [-0.15, -0.1) is 0 Å². The van der Waals surface area contributed by atoms with Gasteiger partial charge in [-0.25, -0.2) is 4.39 Å². The predicted molar refractivity (Wildman–Crippen MR) is 92.5 cm³/mol. The summed E-state index contributed by atoms with van der Waals surface area (Å²) in [4.78, 5) is 33.2. The number of aromatic nitrogens is 2. The zero-order valence-corrected chi connectivity index (χ0v) is 14.2. The van der Waals surface area contributed by atoms with Gasteiger partial charge in [-0.05, 0) is 30.5 Å². The molecule has 1 aliphatic rings. The van der Waals surface area contributed by atoms with Gasteiger partial charge in [-0.3, -0.25) is 19.5 Å². The van der Waals surface area contributed by atoms with Crippen LogP contribution < -0.4 is 5.56 Å². The average molecular weight is 343 g/mol. The van der Waals surface area contributed by atoms with Gasteiger partial charge in [-0.1, -0.05) is 25.1 Å². The number of Topliss-reactive ketones (excluding diaryl/α,β-unsaturated/α-hetero) is 1. The largest absolute Gasteiger partial charge is 0.326 e. The zero-order valence-electron chi connectivity index (χ0n) is 14.2. The predicted octanol–water partition coefficient (Wildman–Crippen LogP) is 2.18. The second kappa shape index (κ2) is 7.70. The summed E-state index contributed by atoms with van der Waals surface area (Å²) < 4.78 is 13.8. The Morgan fingerprint density at radius 2 is 2.20 bits per heavy atom. The second-order valence-electron chi connectivity index (χ2n) is 6.71. The number of nitrogens with one attached hydrogen (secondary N) is 1. The van der Waals surface area contributed by atoms with Crippen LogP contribution in [0.25, 0.3) is 0 Å². The van der Waals surface area contributed by atoms with Crippen molar-refractivity contribution < 1.29 is 9.18 Å². The van der Waals surface area contributed by atoms with Crippen molar-refractivity contribution in [2.75, 3.05) is 13.1 Å². The summed E-state index contributed by atoms with van der Waals surface area (Å²) in [7, 11) is 0. The van der Waals surface area contributed by atoms with Crippen LogP contribution in [0.5, 0.6) is 0 Å². The van der Waals surface area contributed by atoms with Gasteiger partial charge in [0.2, 0.25) is 0 Å². The van der Waals surface area contributed by atoms with Crippen molar-refractivity contribution >= 4 is 5.78 Å². The van der Waals surface area contributed by atoms with Crippen LogP contribution in [0, 0.1) is 17.7 Å². The van der Waals surface area contributed by atoms with E-state index in [1.165, 1.54) is 12.3 Å². The number of carbonyl (C=O) groups is 1. The van der Waals surface area contributed by atoms with E-state index >= 15 is 0 Å². The van der Waals surface area contributed by atoms with Gasteiger partial charge >= 0.3 is 0 Å². The van der Waals surface area contributed by atoms with Crippen molar-refractivity contribution in [3.63, 3.8) is 0 Å². The minimum atomic E-state index is -0.324. The van der Waals surface area contributed by atoms with Crippen LogP contribution in [-0.2, 0) is 17.8 Å². The molecule has 1 N–H and O–H groups in total. The monoisotopic (exact) mass is 343 g/mol. The van der Waals surface area contributed by atoms with Crippen molar-refractivity contribution in [3.05, 3.63) is 64.1 Å². The fraction of sp³-hybridized carbons (Fsp3) is 0.421. The molecular formula is C19H22FN3O2. The third kappa shape index (κ3) is 4.20. The van der Waals surface area contributed by atoms with Gasteiger partial charge in [0.1, 0.15) is 17.3 Å². The Balaban J connectivity index is 1.60. The number of piperidine rings is 1. The number of H-pyrrole nitrogens is 1. The minimum Gasteiger partial charge on any atom is -0.326 e. The smallest absolute Gasteiger partial charge is 0.270 e. The Morgan fingerprint density at radius 3 is 2.92 bits per heavy atom. The molecule has 1 aromatic carbocycles. The molecule has 1 saturated heterocycles. The lowest BCUT2D eigenvalue weighted by Crippen LogP contribution is -2.43. The van der Waals surface area contributed by atoms with Crippen molar-refractivity contribution in [1.82, 2.24) is 14.9 Å². The lowest BCUT2D eigenvalue weighted by Gasteiger charge is -2.35. The maximum Gasteiger partial charge on any atom is 0.270 e. The molecule has 1 aliphatic heterocycles. The van der Waals surface area contributed by atoms with Crippen LogP contribution >= 0.6 is 0 Å². The first-order valence-corrected chi connectivity index (χ1v) is 8.55. The Hall–Kier alpha value is -2.34. The van der Waals surface area contributed by atoms with Gasteiger partial charge in [0.15, 0.2) is 0 Å². The highest BCUT2D eigenvalue weighted by Crippen LogP contribution is 2.26. The van der Waals surface area contributed by atoms with Gasteiger partial charge in [0.25, 0.3) is 5.56 Å². The third-order valence-corrected chi connectivity index (χ3v) is 4.88. The molecule has 25 heavy (non-hydrogen) atoms. The van der Waals surface area contributed by atoms with Crippen molar-refractivity contribution in [2.45, 2.75) is 26.3 Å². The molecule has 2 aromatic rings. The average Bonchev–Trinajstić information content (AvgIpc) is 2.59. The highest BCUT2D eigenvalue weighted by Gasteiger charge is 2.31. The number of hydrogen-bond acceptors (Lipinski definition) is 4. The first kappa shape index (κ1) is 17.5. The maximum absolute atomic E-state index is 13.8. The summed E-state index contributed by atoms with van der Waals surface area (Å²) in [6.07, 6.45) is 3.95. The van der Waals surface area contributed by atoms with Gasteiger partial charge in [0.05, 0.1) is 0 Å². The van der Waals surface area contributed by atoms with Crippen molar-refractivity contribution in [2.24, 2.45) is 11.8 Å². The number of likely N-dealkylation sites (tertiary alicyclic amines) is 1. The molecule has 3 rings (SSSR count). The molecule has 0 saturated carbocycles. The van der Waals surface area contributed by atoms with Crippen LogP contribution in [0.15, 0.2) is 41.5 Å². The molecule has 2 atom stereocenters. The van der Waals surface area contributed by atoms with Crippen LogP contribution in [0.2, 0.25) is 0 Å². The van der Waals surface area contributed by atoms with E-state index in [1.54, 1.807) is 24.4 Å². The van der Waals surface area contributed by atoms with Crippen LogP contribution in [0.3, 0.4) is 0 Å². The van der Waals surface area contributed by atoms with Crippen LogP contribution in [0.4, 0.5) is 4.39 Å². The number of ketones is 1. The minimum absolute atomic E-state index is 0.0714. The molecule has 1 fully saturated rings. The van der Waals surface area contributed by atoms with E-state index in [-0.39, 0.29) is 35.4 Å². The highest BCUT2D eigenvalue weighted by molar-refractivity contribution is 5.83. The molecule has 0 spiro atoms. The molecule has 0 aliphatic carbocycles. The molecule has 132 valence electrons. The van der Waals surface area contributed by atoms with Gasteiger partial charge in [-0.2, -0.15) is 0 Å². The standard InChI is InChI=1S/C19H22FN3O2/c1-13-11-23(12-17-19(25)22-8-7-21-17)9-6-15(13)18(24)10-14-4-2-3-5-16(14)20/h2-5,7-8,13,15H,6,9-12H2,1H3,(H,22,25)/t13-,15?/m1/s1. The zero-order chi connectivity index (χ0) is 17.8. The SMILES string of the molecule is C[C@@H]1CN(Cc2ncc[nH]c2=O)CCC1C(=O)Cc1ccccc1F. The molecule has 6 heteroatoms. The fourth-order valence-corrected chi connectivity index (χ4v) is 3.52.